The zero-order valence-electron chi connectivity index (χ0n) is 6.52. The van der Waals surface area contributed by atoms with E-state index in [-0.39, 0.29) is 12.4 Å². The Morgan fingerprint density at radius 1 is 1.36 bits per heavy atom. The molecule has 1 N–H and O–H groups in total. The highest BCUT2D eigenvalue weighted by Gasteiger charge is 1.97. The van der Waals surface area contributed by atoms with Gasteiger partial charge >= 0.3 is 0 Å². The Bertz CT molecular complexity index is 238. The van der Waals surface area contributed by atoms with Crippen LogP contribution in [0.3, 0.4) is 0 Å². The third-order valence-corrected chi connectivity index (χ3v) is 2.51. The fourth-order valence-corrected chi connectivity index (χ4v) is 1.30. The molecule has 0 aliphatic heterocycles. The Morgan fingerprint density at radius 2 is 2.00 bits per heavy atom. The quantitative estimate of drug-likeness (QED) is 0.789. The Balaban J connectivity index is 0.000001000. The van der Waals surface area contributed by atoms with E-state index in [4.69, 9.17) is 0 Å². The van der Waals surface area contributed by atoms with E-state index < -0.39 is 0 Å². The van der Waals surface area contributed by atoms with E-state index in [9.17, 15) is 0 Å². The number of benzene rings is 1. The van der Waals surface area contributed by atoms with Crippen molar-refractivity contribution in [1.29, 1.82) is 0 Å². The molecule has 0 amide bonds. The van der Waals surface area contributed by atoms with Crippen LogP contribution in [0.4, 0.5) is 5.69 Å². The number of hydrogen-bond acceptors (Lipinski definition) is 1. The Hall–Kier alpha value is -0.210. The van der Waals surface area contributed by atoms with Gasteiger partial charge in [-0.3, -0.25) is 0 Å². The van der Waals surface area contributed by atoms with E-state index in [1.54, 1.807) is 0 Å². The molecule has 3 heteroatoms. The van der Waals surface area contributed by atoms with Crippen LogP contribution < -0.4 is 5.32 Å². The average molecular weight is 237 g/mol. The van der Waals surface area contributed by atoms with Crippen LogP contribution in [0.1, 0.15) is 5.56 Å². The molecule has 0 saturated carbocycles. The minimum atomic E-state index is 0. The topological polar surface area (TPSA) is 12.0 Å². The van der Waals surface area contributed by atoms with E-state index in [0.717, 1.165) is 10.2 Å². The molecule has 1 aromatic carbocycles. The van der Waals surface area contributed by atoms with Crippen LogP contribution in [-0.2, 0) is 0 Å². The molecule has 0 fully saturated rings. The summed E-state index contributed by atoms with van der Waals surface area (Å²) in [6, 6.07) is 6.15. The monoisotopic (exact) mass is 235 g/mol. The molecule has 62 valence electrons. The number of halogens is 2. The number of rotatable bonds is 1. The zero-order valence-corrected chi connectivity index (χ0v) is 8.92. The highest BCUT2D eigenvalue weighted by Crippen LogP contribution is 2.24. The lowest BCUT2D eigenvalue weighted by Crippen LogP contribution is -1.89. The molecule has 0 aromatic heterocycles. The van der Waals surface area contributed by atoms with Crippen LogP contribution in [0.25, 0.3) is 0 Å². The fourth-order valence-electron chi connectivity index (χ4n) is 0.841. The van der Waals surface area contributed by atoms with Crippen LogP contribution in [0.2, 0.25) is 0 Å². The number of hydrogen-bond donors (Lipinski definition) is 1. The van der Waals surface area contributed by atoms with E-state index in [1.165, 1.54) is 5.56 Å². The summed E-state index contributed by atoms with van der Waals surface area (Å²) < 4.78 is 1.15. The maximum absolute atomic E-state index is 3.48. The number of aryl methyl sites for hydroxylation is 1. The predicted molar refractivity (Wildman–Crippen MR) is 55.7 cm³/mol. The van der Waals surface area contributed by atoms with Gasteiger partial charge in [0.1, 0.15) is 0 Å². The van der Waals surface area contributed by atoms with Crippen LogP contribution in [0.15, 0.2) is 22.7 Å². The van der Waals surface area contributed by atoms with E-state index in [1.807, 2.05) is 19.2 Å². The van der Waals surface area contributed by atoms with Crippen LogP contribution in [-0.4, -0.2) is 7.05 Å². The molecule has 0 aliphatic rings. The second kappa shape index (κ2) is 4.62. The summed E-state index contributed by atoms with van der Waals surface area (Å²) in [6.07, 6.45) is 0. The first-order valence-corrected chi connectivity index (χ1v) is 3.98. The minimum Gasteiger partial charge on any atom is -0.387 e. The van der Waals surface area contributed by atoms with Crippen molar-refractivity contribution in [2.75, 3.05) is 12.4 Å². The van der Waals surface area contributed by atoms with Crippen molar-refractivity contribution in [2.24, 2.45) is 0 Å². The predicted octanol–water partition coefficient (Wildman–Crippen LogP) is 3.22. The van der Waals surface area contributed by atoms with Gasteiger partial charge in [-0.05, 0) is 34.5 Å². The van der Waals surface area contributed by atoms with Gasteiger partial charge in [-0.15, -0.1) is 12.4 Å². The largest absolute Gasteiger partial charge is 0.387 e. The van der Waals surface area contributed by atoms with Crippen molar-refractivity contribution in [3.8, 4) is 0 Å². The molecule has 0 bridgehead atoms. The van der Waals surface area contributed by atoms with Crippen molar-refractivity contribution >= 4 is 34.0 Å². The van der Waals surface area contributed by atoms with Crippen molar-refractivity contribution in [2.45, 2.75) is 6.92 Å². The van der Waals surface area contributed by atoms with Gasteiger partial charge in [-0.2, -0.15) is 0 Å². The molecule has 11 heavy (non-hydrogen) atoms. The first-order chi connectivity index (χ1) is 4.75. The molecule has 1 nitrogen and oxygen atoms in total. The SMILES string of the molecule is CNc1cccc(C)c1Br.Cl. The first-order valence-electron chi connectivity index (χ1n) is 3.18. The van der Waals surface area contributed by atoms with Gasteiger partial charge in [0.25, 0.3) is 0 Å². The summed E-state index contributed by atoms with van der Waals surface area (Å²) in [4.78, 5) is 0. The average Bonchev–Trinajstić information content (AvgIpc) is 1.95. The molecular formula is C8H11BrClN. The minimum absolute atomic E-state index is 0. The fraction of sp³-hybridized carbons (Fsp3) is 0.250. The lowest BCUT2D eigenvalue weighted by molar-refractivity contribution is 1.39. The van der Waals surface area contributed by atoms with Gasteiger partial charge in [-0.25, -0.2) is 0 Å². The Kier molecular flexibility index (Phi) is 4.54. The second-order valence-corrected chi connectivity index (χ2v) is 2.98. The van der Waals surface area contributed by atoms with Crippen LogP contribution in [0, 0.1) is 6.92 Å². The van der Waals surface area contributed by atoms with E-state index >= 15 is 0 Å². The smallest absolute Gasteiger partial charge is 0.0484 e. The lowest BCUT2D eigenvalue weighted by atomic mass is 10.2. The number of anilines is 1. The molecular weight excluding hydrogens is 225 g/mol. The first kappa shape index (κ1) is 10.8. The molecule has 1 rings (SSSR count). The number of nitrogens with one attached hydrogen (secondary N) is 1. The molecule has 1 aromatic rings. The Labute approximate surface area is 81.7 Å². The van der Waals surface area contributed by atoms with Gasteiger partial charge < -0.3 is 5.32 Å². The summed E-state index contributed by atoms with van der Waals surface area (Å²) in [5, 5.41) is 3.09. The normalized spacial score (nSPS) is 8.64. The summed E-state index contributed by atoms with van der Waals surface area (Å²) in [7, 11) is 1.92. The van der Waals surface area contributed by atoms with Gasteiger partial charge in [0, 0.05) is 17.2 Å². The van der Waals surface area contributed by atoms with Gasteiger partial charge in [0.2, 0.25) is 0 Å². The van der Waals surface area contributed by atoms with E-state index in [0.29, 0.717) is 0 Å². The van der Waals surface area contributed by atoms with Gasteiger partial charge in [-0.1, -0.05) is 12.1 Å². The van der Waals surface area contributed by atoms with Gasteiger partial charge in [0.15, 0.2) is 0 Å². The lowest BCUT2D eigenvalue weighted by Gasteiger charge is -2.04. The molecule has 0 spiro atoms. The summed E-state index contributed by atoms with van der Waals surface area (Å²) in [5.41, 5.74) is 2.40. The maximum Gasteiger partial charge on any atom is 0.0484 e. The van der Waals surface area contributed by atoms with Crippen molar-refractivity contribution in [3.05, 3.63) is 28.2 Å². The molecule has 0 radical (unpaired) electrons. The van der Waals surface area contributed by atoms with Gasteiger partial charge in [0.05, 0.1) is 0 Å². The molecule has 0 atom stereocenters. The second-order valence-electron chi connectivity index (χ2n) is 2.19. The van der Waals surface area contributed by atoms with Crippen LogP contribution in [0.5, 0.6) is 0 Å². The third-order valence-electron chi connectivity index (χ3n) is 1.46. The zero-order chi connectivity index (χ0) is 7.56. The molecule has 0 saturated heterocycles. The standard InChI is InChI=1S/C8H10BrN.ClH/c1-6-4-3-5-7(10-2)8(6)9;/h3-5,10H,1-2H3;1H. The highest BCUT2D eigenvalue weighted by atomic mass is 79.9. The maximum atomic E-state index is 3.48. The summed E-state index contributed by atoms with van der Waals surface area (Å²) in [6.45, 7) is 2.07. The molecule has 0 unspecified atom stereocenters. The molecule has 0 heterocycles. The third kappa shape index (κ3) is 2.38. The van der Waals surface area contributed by atoms with Crippen LogP contribution >= 0.6 is 28.3 Å². The summed E-state index contributed by atoms with van der Waals surface area (Å²) in [5.74, 6) is 0. The molecule has 0 aliphatic carbocycles. The van der Waals surface area contributed by atoms with Crippen molar-refractivity contribution in [3.63, 3.8) is 0 Å². The van der Waals surface area contributed by atoms with E-state index in [2.05, 4.69) is 34.2 Å². The Morgan fingerprint density at radius 3 is 2.45 bits per heavy atom. The highest BCUT2D eigenvalue weighted by molar-refractivity contribution is 9.10. The van der Waals surface area contributed by atoms with Crippen molar-refractivity contribution in [1.82, 2.24) is 0 Å². The summed E-state index contributed by atoms with van der Waals surface area (Å²) >= 11 is 3.48. The van der Waals surface area contributed by atoms with Crippen molar-refractivity contribution < 1.29 is 0 Å².